The van der Waals surface area contributed by atoms with E-state index in [4.69, 9.17) is 16.3 Å². The number of benzene rings is 1. The quantitative estimate of drug-likeness (QED) is 0.775. The van der Waals surface area contributed by atoms with Gasteiger partial charge in [-0.3, -0.25) is 4.79 Å². The van der Waals surface area contributed by atoms with E-state index in [9.17, 15) is 9.59 Å². The molecule has 2 amide bonds. The normalized spacial score (nSPS) is 15.6. The van der Waals surface area contributed by atoms with Gasteiger partial charge in [-0.1, -0.05) is 23.7 Å². The summed E-state index contributed by atoms with van der Waals surface area (Å²) in [6.45, 7) is 2.73. The molecule has 1 aromatic carbocycles. The summed E-state index contributed by atoms with van der Waals surface area (Å²) in [6.07, 6.45) is 3.42. The molecule has 0 radical (unpaired) electrons. The van der Waals surface area contributed by atoms with Gasteiger partial charge in [0.05, 0.1) is 0 Å². The van der Waals surface area contributed by atoms with Crippen molar-refractivity contribution in [3.8, 4) is 0 Å². The fraction of sp³-hybridized carbons (Fsp3) is 0.556. The van der Waals surface area contributed by atoms with Crippen LogP contribution in [0.2, 0.25) is 5.02 Å². The van der Waals surface area contributed by atoms with Crippen molar-refractivity contribution in [1.82, 2.24) is 15.5 Å². The van der Waals surface area contributed by atoms with E-state index in [0.29, 0.717) is 0 Å². The molecule has 25 heavy (non-hydrogen) atoms. The number of carbonyl (C=O) groups is 2. The molecular weight excluding hydrogens is 342 g/mol. The molecule has 0 bridgehead atoms. The number of hydrogen-bond acceptors (Lipinski definition) is 4. The lowest BCUT2D eigenvalue weighted by molar-refractivity contribution is -0.123. The largest absolute Gasteiger partial charge is 0.439 e. The molecule has 0 saturated carbocycles. The highest BCUT2D eigenvalue weighted by molar-refractivity contribution is 6.30. The number of likely N-dealkylation sites (N-methyl/N-ethyl adjacent to an activating group) is 1. The first kappa shape index (κ1) is 19.5. The zero-order valence-corrected chi connectivity index (χ0v) is 15.3. The second kappa shape index (κ2) is 10.3. The highest BCUT2D eigenvalue weighted by Crippen LogP contribution is 2.14. The van der Waals surface area contributed by atoms with Crippen molar-refractivity contribution < 1.29 is 14.3 Å². The summed E-state index contributed by atoms with van der Waals surface area (Å²) in [5, 5.41) is 6.00. The summed E-state index contributed by atoms with van der Waals surface area (Å²) >= 11 is 5.89. The number of aryl methyl sites for hydroxylation is 1. The van der Waals surface area contributed by atoms with Crippen LogP contribution in [0.15, 0.2) is 24.3 Å². The number of amides is 2. The first-order chi connectivity index (χ1) is 12.1. The van der Waals surface area contributed by atoms with E-state index in [2.05, 4.69) is 27.7 Å². The second-order valence-corrected chi connectivity index (χ2v) is 6.68. The highest BCUT2D eigenvalue weighted by atomic mass is 35.5. The maximum atomic E-state index is 11.6. The van der Waals surface area contributed by atoms with Crippen LogP contribution >= 0.6 is 11.6 Å². The third-order valence-electron chi connectivity index (χ3n) is 4.38. The summed E-state index contributed by atoms with van der Waals surface area (Å²) in [4.78, 5) is 25.1. The maximum absolute atomic E-state index is 11.6. The minimum Gasteiger partial charge on any atom is -0.439 e. The predicted molar refractivity (Wildman–Crippen MR) is 97.8 cm³/mol. The summed E-state index contributed by atoms with van der Waals surface area (Å²) < 4.78 is 4.86. The molecular formula is C18H26ClN3O3. The van der Waals surface area contributed by atoms with Gasteiger partial charge in [-0.15, -0.1) is 0 Å². The first-order valence-corrected chi connectivity index (χ1v) is 9.05. The third-order valence-corrected chi connectivity index (χ3v) is 4.63. The van der Waals surface area contributed by atoms with Crippen LogP contribution in [0.3, 0.4) is 0 Å². The van der Waals surface area contributed by atoms with Crippen molar-refractivity contribution in [2.45, 2.75) is 31.7 Å². The van der Waals surface area contributed by atoms with Gasteiger partial charge in [0.25, 0.3) is 5.91 Å². The molecule has 1 aromatic rings. The van der Waals surface area contributed by atoms with Gasteiger partial charge in [-0.25, -0.2) is 4.79 Å². The standard InChI is InChI=1S/C18H26ClN3O3/c1-20-17(23)13-25-18(24)21-16-8-11-22(12-9-16)10-2-3-14-4-6-15(19)7-5-14/h4-7,16H,2-3,8-13H2,1H3,(H,20,23)(H,21,24). The highest BCUT2D eigenvalue weighted by Gasteiger charge is 2.21. The minimum atomic E-state index is -0.523. The number of nitrogens with zero attached hydrogens (tertiary/aromatic N) is 1. The van der Waals surface area contributed by atoms with Crippen LogP contribution in [0.25, 0.3) is 0 Å². The molecule has 6 nitrogen and oxygen atoms in total. The molecule has 0 spiro atoms. The lowest BCUT2D eigenvalue weighted by atomic mass is 10.0. The third kappa shape index (κ3) is 7.32. The number of likely N-dealkylation sites (tertiary alicyclic amines) is 1. The van der Waals surface area contributed by atoms with Crippen molar-refractivity contribution in [2.75, 3.05) is 33.3 Å². The van der Waals surface area contributed by atoms with Gasteiger partial charge in [0.15, 0.2) is 6.61 Å². The van der Waals surface area contributed by atoms with E-state index < -0.39 is 6.09 Å². The molecule has 0 aliphatic carbocycles. The molecule has 7 heteroatoms. The van der Waals surface area contributed by atoms with Crippen LogP contribution in [0, 0.1) is 0 Å². The lowest BCUT2D eigenvalue weighted by Crippen LogP contribution is -2.45. The zero-order chi connectivity index (χ0) is 18.1. The molecule has 2 rings (SSSR count). The van der Waals surface area contributed by atoms with E-state index in [0.717, 1.165) is 50.3 Å². The van der Waals surface area contributed by atoms with Crippen molar-refractivity contribution >= 4 is 23.6 Å². The Bertz CT molecular complexity index is 557. The summed E-state index contributed by atoms with van der Waals surface area (Å²) in [5.41, 5.74) is 1.31. The Balaban J connectivity index is 1.58. The molecule has 1 fully saturated rings. The van der Waals surface area contributed by atoms with Gasteiger partial charge >= 0.3 is 6.09 Å². The van der Waals surface area contributed by atoms with Crippen molar-refractivity contribution in [2.24, 2.45) is 0 Å². The van der Waals surface area contributed by atoms with Gasteiger partial charge in [0.2, 0.25) is 0 Å². The van der Waals surface area contributed by atoms with Crippen molar-refractivity contribution in [3.63, 3.8) is 0 Å². The molecule has 0 atom stereocenters. The van der Waals surface area contributed by atoms with Crippen molar-refractivity contribution in [1.29, 1.82) is 0 Å². The summed E-state index contributed by atoms with van der Waals surface area (Å²) in [6, 6.07) is 8.12. The predicted octanol–water partition coefficient (Wildman–Crippen LogP) is 2.21. The minimum absolute atomic E-state index is 0.115. The molecule has 1 aliphatic rings. The number of hydrogen-bond donors (Lipinski definition) is 2. The number of nitrogens with one attached hydrogen (secondary N) is 2. The van der Waals surface area contributed by atoms with Crippen LogP contribution in [0.4, 0.5) is 4.79 Å². The van der Waals surface area contributed by atoms with Gasteiger partial charge < -0.3 is 20.3 Å². The van der Waals surface area contributed by atoms with Crippen LogP contribution in [-0.4, -0.2) is 56.2 Å². The first-order valence-electron chi connectivity index (χ1n) is 8.67. The Hall–Kier alpha value is -1.79. The molecule has 2 N–H and O–H groups in total. The van der Waals surface area contributed by atoms with E-state index in [1.165, 1.54) is 12.6 Å². The second-order valence-electron chi connectivity index (χ2n) is 6.24. The number of halogens is 1. The monoisotopic (exact) mass is 367 g/mol. The smallest absolute Gasteiger partial charge is 0.407 e. The van der Waals surface area contributed by atoms with Gasteiger partial charge in [0.1, 0.15) is 0 Å². The van der Waals surface area contributed by atoms with Crippen LogP contribution in [-0.2, 0) is 16.0 Å². The average Bonchev–Trinajstić information content (AvgIpc) is 2.63. The molecule has 138 valence electrons. The van der Waals surface area contributed by atoms with E-state index in [1.54, 1.807) is 0 Å². The van der Waals surface area contributed by atoms with E-state index in [-0.39, 0.29) is 18.6 Å². The molecule has 0 aromatic heterocycles. The molecule has 1 aliphatic heterocycles. The van der Waals surface area contributed by atoms with Gasteiger partial charge in [-0.2, -0.15) is 0 Å². The number of ether oxygens (including phenoxy) is 1. The number of carbonyl (C=O) groups excluding carboxylic acids is 2. The Labute approximate surface area is 153 Å². The van der Waals surface area contributed by atoms with Crippen LogP contribution in [0.1, 0.15) is 24.8 Å². The van der Waals surface area contributed by atoms with Crippen LogP contribution in [0.5, 0.6) is 0 Å². The fourth-order valence-corrected chi connectivity index (χ4v) is 3.00. The summed E-state index contributed by atoms with van der Waals surface area (Å²) in [7, 11) is 1.51. The average molecular weight is 368 g/mol. The molecule has 1 heterocycles. The Kier molecular flexibility index (Phi) is 8.01. The number of rotatable bonds is 7. The maximum Gasteiger partial charge on any atom is 0.407 e. The van der Waals surface area contributed by atoms with E-state index in [1.807, 2.05) is 12.1 Å². The topological polar surface area (TPSA) is 70.7 Å². The number of alkyl carbamates (subject to hydrolysis) is 1. The van der Waals surface area contributed by atoms with Crippen LogP contribution < -0.4 is 10.6 Å². The van der Waals surface area contributed by atoms with Gasteiger partial charge in [-0.05, 0) is 49.9 Å². The molecule has 0 unspecified atom stereocenters. The zero-order valence-electron chi connectivity index (χ0n) is 14.6. The summed E-state index contributed by atoms with van der Waals surface area (Å²) in [5.74, 6) is -0.314. The SMILES string of the molecule is CNC(=O)COC(=O)NC1CCN(CCCc2ccc(Cl)cc2)CC1. The van der Waals surface area contributed by atoms with Crippen molar-refractivity contribution in [3.05, 3.63) is 34.9 Å². The Morgan fingerprint density at radius 3 is 2.56 bits per heavy atom. The molecule has 1 saturated heterocycles. The van der Waals surface area contributed by atoms with E-state index >= 15 is 0 Å². The Morgan fingerprint density at radius 1 is 1.24 bits per heavy atom. The fourth-order valence-electron chi connectivity index (χ4n) is 2.87. The Morgan fingerprint density at radius 2 is 1.92 bits per heavy atom. The van der Waals surface area contributed by atoms with Gasteiger partial charge in [0, 0.05) is 31.2 Å². The lowest BCUT2D eigenvalue weighted by Gasteiger charge is -2.32. The number of piperidine rings is 1.